The van der Waals surface area contributed by atoms with Gasteiger partial charge in [0.2, 0.25) is 0 Å². The van der Waals surface area contributed by atoms with Gasteiger partial charge in [-0.1, -0.05) is 30.4 Å². The lowest BCUT2D eigenvalue weighted by atomic mass is 9.87. The van der Waals surface area contributed by atoms with Gasteiger partial charge in [-0.25, -0.2) is 0 Å². The van der Waals surface area contributed by atoms with Crippen LogP contribution in [0.15, 0.2) is 64.8 Å². The van der Waals surface area contributed by atoms with Crippen molar-refractivity contribution in [2.75, 3.05) is 0 Å². The van der Waals surface area contributed by atoms with Crippen LogP contribution in [0.3, 0.4) is 0 Å². The number of nitrogens with zero attached hydrogens (tertiary/aromatic N) is 1. The molecule has 0 fully saturated rings. The third kappa shape index (κ3) is 4.08. The summed E-state index contributed by atoms with van der Waals surface area (Å²) in [6, 6.07) is 8.72. The molecule has 0 spiro atoms. The molecule has 0 amide bonds. The number of benzene rings is 1. The average molecular weight is 444 g/mol. The molecule has 0 bridgehead atoms. The lowest BCUT2D eigenvalue weighted by molar-refractivity contribution is 0.476. The summed E-state index contributed by atoms with van der Waals surface area (Å²) in [6.45, 7) is 0. The molecule has 1 heterocycles. The van der Waals surface area contributed by atoms with Crippen LogP contribution >= 0.6 is 22.6 Å². The molecule has 1 aliphatic heterocycles. The second kappa shape index (κ2) is 7.90. The van der Waals surface area contributed by atoms with Crippen LogP contribution in [-0.4, -0.2) is 5.71 Å². The number of hydrogen-bond acceptors (Lipinski definition) is 2. The molecule has 0 saturated heterocycles. The summed E-state index contributed by atoms with van der Waals surface area (Å²) in [4.78, 5) is 5.10. The normalized spacial score (nSPS) is 26.4. The van der Waals surface area contributed by atoms with Crippen molar-refractivity contribution in [3.8, 4) is 0 Å². The quantitative estimate of drug-likeness (QED) is 0.444. The smallest absolute Gasteiger partial charge is 0.145 e. The Labute approximate surface area is 164 Å². The van der Waals surface area contributed by atoms with E-state index >= 15 is 0 Å². The van der Waals surface area contributed by atoms with Gasteiger partial charge in [0.25, 0.3) is 0 Å². The number of rotatable bonds is 3. The maximum absolute atomic E-state index is 5.10. The van der Waals surface area contributed by atoms with Crippen molar-refractivity contribution in [3.05, 3.63) is 69.0 Å². The van der Waals surface area contributed by atoms with E-state index in [0.717, 1.165) is 6.42 Å². The zero-order chi connectivity index (χ0) is 17.1. The van der Waals surface area contributed by atoms with Crippen LogP contribution in [0.4, 0.5) is 0 Å². The minimum absolute atomic E-state index is 0.0402. The van der Waals surface area contributed by atoms with Crippen molar-refractivity contribution in [3.63, 3.8) is 0 Å². The predicted octanol–water partition coefficient (Wildman–Crippen LogP) is 6.07. The van der Waals surface area contributed by atoms with Crippen molar-refractivity contribution in [2.24, 2.45) is 10.9 Å². The predicted molar refractivity (Wildman–Crippen MR) is 114 cm³/mol. The molecule has 1 N–H and O–H groups in total. The molecule has 2 unspecified atom stereocenters. The summed E-state index contributed by atoms with van der Waals surface area (Å²) in [7, 11) is 0. The highest BCUT2D eigenvalue weighted by molar-refractivity contribution is 14.1. The molecule has 3 heteroatoms. The minimum Gasteiger partial charge on any atom is -0.363 e. The molecular formula is C22H25IN2. The van der Waals surface area contributed by atoms with Crippen LogP contribution in [0.25, 0.3) is 0 Å². The second-order valence-electron chi connectivity index (χ2n) is 7.17. The molecule has 1 aromatic carbocycles. The standard InChI is InChI=1S/C22H25IN2/c23-19-13-7-12-18(14-19)22-24-20(16-8-3-1-4-9-16)15-21(25-22)17-10-5-2-6-11-17/h1,3,7,10,12-16,22,24H,2,4-6,8-9,11H2. The first kappa shape index (κ1) is 17.1. The second-order valence-corrected chi connectivity index (χ2v) is 8.42. The van der Waals surface area contributed by atoms with E-state index in [4.69, 9.17) is 4.99 Å². The summed E-state index contributed by atoms with van der Waals surface area (Å²) < 4.78 is 1.27. The third-order valence-corrected chi connectivity index (χ3v) is 6.03. The van der Waals surface area contributed by atoms with Gasteiger partial charge in [-0.05, 0) is 96.9 Å². The van der Waals surface area contributed by atoms with Gasteiger partial charge in [-0.15, -0.1) is 0 Å². The number of allylic oxidation sites excluding steroid dienone is 6. The number of halogens is 1. The zero-order valence-electron chi connectivity index (χ0n) is 14.5. The van der Waals surface area contributed by atoms with Crippen LogP contribution in [0, 0.1) is 9.49 Å². The summed E-state index contributed by atoms with van der Waals surface area (Å²) >= 11 is 2.39. The van der Waals surface area contributed by atoms with E-state index < -0.39 is 0 Å². The third-order valence-electron chi connectivity index (χ3n) is 5.36. The molecule has 4 rings (SSSR count). The highest BCUT2D eigenvalue weighted by Gasteiger charge is 2.25. The largest absolute Gasteiger partial charge is 0.363 e. The van der Waals surface area contributed by atoms with Crippen LogP contribution in [0.1, 0.15) is 56.7 Å². The van der Waals surface area contributed by atoms with Crippen LogP contribution in [0.2, 0.25) is 0 Å². The van der Waals surface area contributed by atoms with E-state index in [1.54, 1.807) is 0 Å². The van der Waals surface area contributed by atoms with Gasteiger partial charge < -0.3 is 5.32 Å². The molecule has 2 aliphatic carbocycles. The fraction of sp³-hybridized carbons (Fsp3) is 0.409. The summed E-state index contributed by atoms with van der Waals surface area (Å²) in [5, 5.41) is 3.74. The van der Waals surface area contributed by atoms with Gasteiger partial charge in [0, 0.05) is 15.2 Å². The first-order chi connectivity index (χ1) is 12.3. The molecule has 1 aromatic rings. The van der Waals surface area contributed by atoms with Crippen molar-refractivity contribution in [2.45, 2.75) is 51.1 Å². The van der Waals surface area contributed by atoms with Crippen molar-refractivity contribution < 1.29 is 0 Å². The Hall–Kier alpha value is -1.36. The van der Waals surface area contributed by atoms with E-state index in [2.05, 4.69) is 76.5 Å². The summed E-state index contributed by atoms with van der Waals surface area (Å²) in [5.41, 5.74) is 5.31. The fourth-order valence-corrected chi connectivity index (χ4v) is 4.52. The molecule has 2 atom stereocenters. The number of aliphatic imine (C=N–C) groups is 1. The lowest BCUT2D eigenvalue weighted by Crippen LogP contribution is -2.30. The van der Waals surface area contributed by atoms with Crippen LogP contribution in [-0.2, 0) is 0 Å². The molecule has 25 heavy (non-hydrogen) atoms. The van der Waals surface area contributed by atoms with E-state index in [-0.39, 0.29) is 6.17 Å². The first-order valence-corrected chi connectivity index (χ1v) is 10.5. The van der Waals surface area contributed by atoms with Gasteiger partial charge in [-0.3, -0.25) is 4.99 Å². The highest BCUT2D eigenvalue weighted by Crippen LogP contribution is 2.32. The van der Waals surface area contributed by atoms with Crippen LogP contribution < -0.4 is 5.32 Å². The van der Waals surface area contributed by atoms with E-state index in [1.807, 2.05) is 0 Å². The Balaban J connectivity index is 1.68. The molecule has 0 radical (unpaired) electrons. The topological polar surface area (TPSA) is 24.4 Å². The minimum atomic E-state index is 0.0402. The van der Waals surface area contributed by atoms with Gasteiger partial charge in [0.1, 0.15) is 6.17 Å². The van der Waals surface area contributed by atoms with Gasteiger partial charge in [0.15, 0.2) is 0 Å². The monoisotopic (exact) mass is 444 g/mol. The Morgan fingerprint density at radius 3 is 2.84 bits per heavy atom. The van der Waals surface area contributed by atoms with Gasteiger partial charge in [-0.2, -0.15) is 0 Å². The van der Waals surface area contributed by atoms with E-state index in [0.29, 0.717) is 5.92 Å². The molecule has 3 aliphatic rings. The molecule has 0 saturated carbocycles. The number of hydrogen-bond donors (Lipinski definition) is 1. The Bertz CT molecular complexity index is 757. The fourth-order valence-electron chi connectivity index (χ4n) is 3.95. The first-order valence-electron chi connectivity index (χ1n) is 9.45. The molecule has 130 valence electrons. The zero-order valence-corrected chi connectivity index (χ0v) is 16.7. The highest BCUT2D eigenvalue weighted by atomic mass is 127. The Morgan fingerprint density at radius 1 is 1.12 bits per heavy atom. The Kier molecular flexibility index (Phi) is 5.39. The maximum atomic E-state index is 5.10. The van der Waals surface area contributed by atoms with Crippen molar-refractivity contribution in [1.29, 1.82) is 0 Å². The van der Waals surface area contributed by atoms with Gasteiger partial charge >= 0.3 is 0 Å². The van der Waals surface area contributed by atoms with Crippen molar-refractivity contribution in [1.82, 2.24) is 5.32 Å². The summed E-state index contributed by atoms with van der Waals surface area (Å²) in [6.07, 6.45) is 18.0. The Morgan fingerprint density at radius 2 is 2.08 bits per heavy atom. The van der Waals surface area contributed by atoms with Crippen LogP contribution in [0.5, 0.6) is 0 Å². The average Bonchev–Trinajstić information content (AvgIpc) is 2.69. The van der Waals surface area contributed by atoms with Gasteiger partial charge in [0.05, 0.1) is 5.71 Å². The number of nitrogens with one attached hydrogen (secondary N) is 1. The maximum Gasteiger partial charge on any atom is 0.145 e. The SMILES string of the molecule is Ic1cccc(C2N=C(C3=CCCCC3)C=C(C3CC=CCC3)N2)c1. The summed E-state index contributed by atoms with van der Waals surface area (Å²) in [5.74, 6) is 0.602. The molecule has 2 nitrogen and oxygen atoms in total. The van der Waals surface area contributed by atoms with Crippen molar-refractivity contribution >= 4 is 28.3 Å². The molecule has 0 aromatic heterocycles. The lowest BCUT2D eigenvalue weighted by Gasteiger charge is -2.31. The molecular weight excluding hydrogens is 419 g/mol. The van der Waals surface area contributed by atoms with E-state index in [1.165, 1.54) is 64.6 Å². The van der Waals surface area contributed by atoms with E-state index in [9.17, 15) is 0 Å².